The highest BCUT2D eigenvalue weighted by atomic mass is 35.5. The van der Waals surface area contributed by atoms with E-state index >= 15 is 4.39 Å². The van der Waals surface area contributed by atoms with E-state index in [2.05, 4.69) is 20.2 Å². The molecule has 1 aliphatic heterocycles. The van der Waals surface area contributed by atoms with Gasteiger partial charge in [-0.2, -0.15) is 36.8 Å². The Morgan fingerprint density at radius 3 is 2.52 bits per heavy atom. The number of halogens is 7. The maximum absolute atomic E-state index is 15.7. The van der Waals surface area contributed by atoms with Crippen molar-refractivity contribution in [1.29, 1.82) is 0 Å². The van der Waals surface area contributed by atoms with Crippen molar-refractivity contribution in [3.8, 4) is 11.4 Å². The van der Waals surface area contributed by atoms with Crippen LogP contribution in [0.3, 0.4) is 0 Å². The standard InChI is InChI=1S/C35H36ClF6N9O3/c1-32(2,39)17-34(22-6-3-19(4-7-22)21-14-45-49(15-21)23-8-9-23)28(52)50(30(43)47-34)26(16-54-31(53)48-33(11-12-33)35(40,41)42)20-5-10-25(36)24(13-20)27-44-18-46-51(27)29(37)38/h3-6,10,13-15,18,22-23,26,29H,7-9,11-12,16-17H2,1-2H3,(H2,43,47)(H,48,53)/t22?,26-,34-/m1/s1. The topological polar surface area (TPSA) is 146 Å². The summed E-state index contributed by atoms with van der Waals surface area (Å²) in [5, 5.41) is 9.82. The van der Waals surface area contributed by atoms with Crippen molar-refractivity contribution in [3.05, 3.63) is 71.3 Å². The molecule has 7 rings (SSSR count). The van der Waals surface area contributed by atoms with E-state index < -0.39 is 66.5 Å². The second kappa shape index (κ2) is 13.5. The number of guanidine groups is 1. The van der Waals surface area contributed by atoms with E-state index in [1.165, 1.54) is 32.0 Å². The van der Waals surface area contributed by atoms with Gasteiger partial charge >= 0.3 is 18.8 Å². The number of rotatable bonds is 12. The number of hydrogen-bond acceptors (Lipinski definition) is 8. The number of nitrogens with one attached hydrogen (secondary N) is 1. The first-order valence-corrected chi connectivity index (χ1v) is 17.6. The first-order chi connectivity index (χ1) is 25.4. The summed E-state index contributed by atoms with van der Waals surface area (Å²) in [7, 11) is 0. The van der Waals surface area contributed by atoms with Gasteiger partial charge in [0.05, 0.1) is 23.3 Å². The van der Waals surface area contributed by atoms with Crippen molar-refractivity contribution < 1.29 is 40.7 Å². The van der Waals surface area contributed by atoms with Crippen LogP contribution in [0.4, 0.5) is 31.1 Å². The number of hydrogen-bond donors (Lipinski definition) is 2. The highest BCUT2D eigenvalue weighted by Crippen LogP contribution is 2.49. The Hall–Kier alpha value is -4.87. The summed E-state index contributed by atoms with van der Waals surface area (Å²) >= 11 is 6.41. The maximum Gasteiger partial charge on any atom is 0.411 e. The Bertz CT molecular complexity index is 2050. The van der Waals surface area contributed by atoms with E-state index in [1.807, 2.05) is 22.3 Å². The van der Waals surface area contributed by atoms with Crippen molar-refractivity contribution in [2.75, 3.05) is 6.61 Å². The van der Waals surface area contributed by atoms with Crippen LogP contribution < -0.4 is 11.1 Å². The number of aliphatic imine (C=N–C) groups is 1. The summed E-state index contributed by atoms with van der Waals surface area (Å²) in [6.07, 6.45) is 5.14. The average molecular weight is 780 g/mol. The van der Waals surface area contributed by atoms with Crippen LogP contribution in [-0.2, 0) is 9.53 Å². The minimum absolute atomic E-state index is 0.0348. The molecule has 12 nitrogen and oxygen atoms in total. The van der Waals surface area contributed by atoms with Gasteiger partial charge in [-0.1, -0.05) is 35.9 Å². The predicted octanol–water partition coefficient (Wildman–Crippen LogP) is 7.08. The minimum Gasteiger partial charge on any atom is -0.447 e. The van der Waals surface area contributed by atoms with Crippen LogP contribution in [0.1, 0.15) is 82.1 Å². The Balaban J connectivity index is 1.23. The molecule has 1 aromatic carbocycles. The zero-order valence-corrected chi connectivity index (χ0v) is 29.8. The molecule has 2 fully saturated rings. The summed E-state index contributed by atoms with van der Waals surface area (Å²) in [6, 6.07) is 2.99. The fourth-order valence-corrected chi connectivity index (χ4v) is 7.28. The Kier molecular flexibility index (Phi) is 9.33. The van der Waals surface area contributed by atoms with Gasteiger partial charge in [-0.15, -0.1) is 0 Å². The number of nitrogens with zero attached hydrogens (tertiary/aromatic N) is 7. The number of carbonyl (C=O) groups excluding carboxylic acids is 2. The summed E-state index contributed by atoms with van der Waals surface area (Å²) in [6.45, 7) is -1.29. The van der Waals surface area contributed by atoms with Crippen molar-refractivity contribution >= 4 is 35.1 Å². The third kappa shape index (κ3) is 7.07. The molecule has 288 valence electrons. The van der Waals surface area contributed by atoms with E-state index in [0.717, 1.165) is 35.2 Å². The zero-order chi connectivity index (χ0) is 38.8. The van der Waals surface area contributed by atoms with Gasteiger partial charge in [0.25, 0.3) is 5.91 Å². The number of alkyl carbamates (subject to hydrolysis) is 1. The number of ether oxygens (including phenoxy) is 1. The Morgan fingerprint density at radius 2 is 1.91 bits per heavy atom. The molecule has 19 heteroatoms. The largest absolute Gasteiger partial charge is 0.447 e. The summed E-state index contributed by atoms with van der Waals surface area (Å²) in [5.41, 5.74) is 2.06. The van der Waals surface area contributed by atoms with Crippen molar-refractivity contribution in [3.63, 3.8) is 0 Å². The Labute approximate surface area is 310 Å². The molecule has 3 aliphatic carbocycles. The van der Waals surface area contributed by atoms with E-state index in [9.17, 15) is 31.5 Å². The van der Waals surface area contributed by atoms with Crippen LogP contribution in [0, 0.1) is 5.92 Å². The third-order valence-corrected chi connectivity index (χ3v) is 10.4. The van der Waals surface area contributed by atoms with Crippen LogP contribution in [0.2, 0.25) is 5.02 Å². The van der Waals surface area contributed by atoms with Crippen molar-refractivity contribution in [2.24, 2.45) is 16.6 Å². The van der Waals surface area contributed by atoms with Crippen LogP contribution in [-0.4, -0.2) is 76.9 Å². The lowest BCUT2D eigenvalue weighted by molar-refractivity contribution is -0.164. The zero-order valence-electron chi connectivity index (χ0n) is 29.0. The van der Waals surface area contributed by atoms with Gasteiger partial charge < -0.3 is 15.8 Å². The third-order valence-electron chi connectivity index (χ3n) is 10.1. The van der Waals surface area contributed by atoms with Gasteiger partial charge in [0.15, 0.2) is 17.3 Å². The van der Waals surface area contributed by atoms with Gasteiger partial charge in [0.2, 0.25) is 0 Å². The molecular weight excluding hydrogens is 744 g/mol. The van der Waals surface area contributed by atoms with E-state index in [-0.39, 0.29) is 47.2 Å². The first kappa shape index (κ1) is 37.4. The predicted molar refractivity (Wildman–Crippen MR) is 184 cm³/mol. The molecule has 3 N–H and O–H groups in total. The van der Waals surface area contributed by atoms with Crippen LogP contribution in [0.5, 0.6) is 0 Å². The maximum atomic E-state index is 15.7. The smallest absolute Gasteiger partial charge is 0.411 e. The number of aromatic nitrogens is 5. The minimum atomic E-state index is -4.74. The van der Waals surface area contributed by atoms with Gasteiger partial charge in [-0.25, -0.2) is 19.2 Å². The monoisotopic (exact) mass is 779 g/mol. The van der Waals surface area contributed by atoms with Gasteiger partial charge in [0.1, 0.15) is 24.1 Å². The lowest BCUT2D eigenvalue weighted by atomic mass is 9.73. The van der Waals surface area contributed by atoms with E-state index in [4.69, 9.17) is 22.1 Å². The molecule has 2 amide bonds. The fourth-order valence-electron chi connectivity index (χ4n) is 7.08. The molecule has 0 bridgehead atoms. The molecule has 3 aromatic rings. The first-order valence-electron chi connectivity index (χ1n) is 17.2. The van der Waals surface area contributed by atoms with Gasteiger partial charge in [-0.05, 0) is 69.2 Å². The second-order valence-corrected chi connectivity index (χ2v) is 15.0. The van der Waals surface area contributed by atoms with Gasteiger partial charge in [-0.3, -0.25) is 14.4 Å². The molecule has 2 aromatic heterocycles. The van der Waals surface area contributed by atoms with Crippen LogP contribution in [0.15, 0.2) is 60.1 Å². The summed E-state index contributed by atoms with van der Waals surface area (Å²) in [4.78, 5) is 37.2. The molecule has 2 saturated carbocycles. The molecule has 0 radical (unpaired) electrons. The molecule has 1 unspecified atom stereocenters. The SMILES string of the molecule is CC(C)(F)C[C@]1(C2C=CC(c3cnn(C4CC4)c3)=CC2)N=C(N)N([C@H](COC(=O)NC2(C(F)(F)F)CC2)c2ccc(Cl)c(-c3ncnn3C(F)F)c2)C1=O. The van der Waals surface area contributed by atoms with E-state index in [0.29, 0.717) is 10.7 Å². The number of nitrogens with two attached hydrogens (primary N) is 1. The van der Waals surface area contributed by atoms with Crippen molar-refractivity contribution in [1.82, 2.24) is 34.8 Å². The fraction of sp³-hybridized carbons (Fsp3) is 0.486. The van der Waals surface area contributed by atoms with Crippen molar-refractivity contribution in [2.45, 2.75) is 93.9 Å². The molecule has 3 atom stereocenters. The number of carbonyl (C=O) groups is 2. The Morgan fingerprint density at radius 1 is 1.17 bits per heavy atom. The average Bonchev–Trinajstić information content (AvgIpc) is 3.97. The molecular formula is C35H36ClF6N9O3. The highest BCUT2D eigenvalue weighted by molar-refractivity contribution is 6.33. The molecule has 54 heavy (non-hydrogen) atoms. The lowest BCUT2D eigenvalue weighted by Crippen LogP contribution is -2.52. The highest BCUT2D eigenvalue weighted by Gasteiger charge is 2.65. The van der Waals surface area contributed by atoms with Crippen LogP contribution >= 0.6 is 11.6 Å². The summed E-state index contributed by atoms with van der Waals surface area (Å²) in [5.74, 6) is -2.19. The molecule has 0 saturated heterocycles. The number of amides is 2. The van der Waals surface area contributed by atoms with Crippen LogP contribution in [0.25, 0.3) is 17.0 Å². The normalized spacial score (nSPS) is 23.0. The molecule has 4 aliphatic rings. The molecule has 0 spiro atoms. The molecule has 3 heterocycles. The number of benzene rings is 1. The summed E-state index contributed by atoms with van der Waals surface area (Å²) < 4.78 is 91.8. The quantitative estimate of drug-likeness (QED) is 0.187. The lowest BCUT2D eigenvalue weighted by Gasteiger charge is -2.37. The number of allylic oxidation sites excluding steroid dienone is 3. The van der Waals surface area contributed by atoms with Gasteiger partial charge in [0, 0.05) is 29.7 Å². The second-order valence-electron chi connectivity index (χ2n) is 14.6. The van der Waals surface area contributed by atoms with E-state index in [1.54, 1.807) is 18.3 Å². The number of alkyl halides is 6.